The molecule has 0 saturated heterocycles. The minimum atomic E-state index is -1.30. The molecule has 0 spiro atoms. The maximum Gasteiger partial charge on any atom is 0.326 e. The Hall–Kier alpha value is -3.75. The molecule has 3 aromatic carbocycles. The Labute approximate surface area is 202 Å². The van der Waals surface area contributed by atoms with Crippen molar-refractivity contribution in [3.05, 3.63) is 98.8 Å². The minimum Gasteiger partial charge on any atom is -0.480 e. The van der Waals surface area contributed by atoms with Crippen LogP contribution in [0.25, 0.3) is 0 Å². The summed E-state index contributed by atoms with van der Waals surface area (Å²) in [6, 6.07) is 12.6. The van der Waals surface area contributed by atoms with Crippen LogP contribution in [0.3, 0.4) is 0 Å². The van der Waals surface area contributed by atoms with Gasteiger partial charge in [-0.1, -0.05) is 41.4 Å². The van der Waals surface area contributed by atoms with Crippen LogP contribution in [0.1, 0.15) is 36.6 Å². The topological polar surface area (TPSA) is 104 Å². The van der Waals surface area contributed by atoms with Crippen LogP contribution in [0.4, 0.5) is 10.1 Å². The van der Waals surface area contributed by atoms with Crippen molar-refractivity contribution in [1.29, 1.82) is 0 Å². The Bertz CT molecular complexity index is 1320. The van der Waals surface area contributed by atoms with Gasteiger partial charge < -0.3 is 10.4 Å². The molecule has 7 nitrogen and oxygen atoms in total. The van der Waals surface area contributed by atoms with E-state index >= 15 is 0 Å². The first-order chi connectivity index (χ1) is 16.2. The second kappa shape index (κ2) is 9.24. The molecule has 0 saturated carbocycles. The number of carboxylic acids is 1. The molecule has 0 radical (unpaired) electrons. The molecular weight excluding hydrogens is 486 g/mol. The normalized spacial score (nSPS) is 13.6. The fraction of sp³-hybridized carbons (Fsp3) is 0.0833. The lowest BCUT2D eigenvalue weighted by Gasteiger charge is -2.17. The molecule has 0 aromatic heterocycles. The second-order valence-electron chi connectivity index (χ2n) is 7.47. The quantitative estimate of drug-likeness (QED) is 0.489. The highest BCUT2D eigenvalue weighted by Crippen LogP contribution is 2.29. The molecule has 0 fully saturated rings. The lowest BCUT2D eigenvalue weighted by Crippen LogP contribution is -2.42. The van der Waals surface area contributed by atoms with Gasteiger partial charge in [-0.25, -0.2) is 14.1 Å². The molecule has 34 heavy (non-hydrogen) atoms. The third-order valence-electron chi connectivity index (χ3n) is 5.28. The Balaban J connectivity index is 1.51. The molecule has 1 heterocycles. The number of nitrogens with zero attached hydrogens (tertiary/aromatic N) is 1. The summed E-state index contributed by atoms with van der Waals surface area (Å²) in [5.74, 6) is -3.88. The maximum atomic E-state index is 13.5. The summed E-state index contributed by atoms with van der Waals surface area (Å²) < 4.78 is 13.5. The molecule has 1 aliphatic rings. The van der Waals surface area contributed by atoms with Crippen molar-refractivity contribution in [3.8, 4) is 0 Å². The van der Waals surface area contributed by atoms with Crippen LogP contribution < -0.4 is 10.2 Å². The number of aliphatic carboxylic acids is 1. The van der Waals surface area contributed by atoms with E-state index in [-0.39, 0.29) is 38.8 Å². The van der Waals surface area contributed by atoms with E-state index in [0.717, 1.165) is 17.0 Å². The van der Waals surface area contributed by atoms with Crippen molar-refractivity contribution < 1.29 is 28.7 Å². The molecule has 3 amide bonds. The maximum absolute atomic E-state index is 13.5. The molecule has 0 aliphatic carbocycles. The first-order valence-electron chi connectivity index (χ1n) is 9.92. The highest BCUT2D eigenvalue weighted by Gasteiger charge is 2.37. The number of benzene rings is 3. The van der Waals surface area contributed by atoms with Gasteiger partial charge in [-0.3, -0.25) is 14.4 Å². The van der Waals surface area contributed by atoms with Gasteiger partial charge in [0.1, 0.15) is 11.9 Å². The standard InChI is InChI=1S/C24H15Cl2FN2O5/c25-17-2-1-3-18(26)20(17)21(30)28-19(24(33)34)10-12-4-7-14(8-5-12)29-22(31)15-9-6-13(27)11-16(15)23(29)32/h1-9,11,19H,10H2,(H,28,30)(H,33,34)/t19-/m0/s1. The third kappa shape index (κ3) is 4.37. The van der Waals surface area contributed by atoms with Crippen LogP contribution in [0.5, 0.6) is 0 Å². The molecular formula is C24H15Cl2FN2O5. The van der Waals surface area contributed by atoms with Gasteiger partial charge >= 0.3 is 5.97 Å². The molecule has 10 heteroatoms. The van der Waals surface area contributed by atoms with E-state index < -0.39 is 35.5 Å². The summed E-state index contributed by atoms with van der Waals surface area (Å²) in [6.07, 6.45) is -0.0866. The second-order valence-corrected chi connectivity index (χ2v) is 8.28. The van der Waals surface area contributed by atoms with Crippen LogP contribution >= 0.6 is 23.2 Å². The Morgan fingerprint density at radius 3 is 2.18 bits per heavy atom. The number of fused-ring (bicyclic) bond motifs is 1. The van der Waals surface area contributed by atoms with Crippen molar-refractivity contribution in [2.75, 3.05) is 4.90 Å². The van der Waals surface area contributed by atoms with E-state index in [1.807, 2.05) is 0 Å². The SMILES string of the molecule is O=C(N[C@@H](Cc1ccc(N2C(=O)c3ccc(F)cc3C2=O)cc1)C(=O)O)c1c(Cl)cccc1Cl. The number of carbonyl (C=O) groups excluding carboxylic acids is 3. The van der Waals surface area contributed by atoms with Crippen molar-refractivity contribution >= 4 is 52.6 Å². The van der Waals surface area contributed by atoms with Gasteiger partial charge in [0.2, 0.25) is 0 Å². The fourth-order valence-corrected chi connectivity index (χ4v) is 4.18. The molecule has 0 bridgehead atoms. The largest absolute Gasteiger partial charge is 0.480 e. The highest BCUT2D eigenvalue weighted by atomic mass is 35.5. The average Bonchev–Trinajstić information content (AvgIpc) is 3.03. The van der Waals surface area contributed by atoms with E-state index in [1.54, 1.807) is 6.07 Å². The van der Waals surface area contributed by atoms with Crippen molar-refractivity contribution in [3.63, 3.8) is 0 Å². The smallest absolute Gasteiger partial charge is 0.326 e. The molecule has 1 aliphatic heterocycles. The van der Waals surface area contributed by atoms with E-state index in [4.69, 9.17) is 23.2 Å². The summed E-state index contributed by atoms with van der Waals surface area (Å²) in [5.41, 5.74) is 0.802. The first kappa shape index (κ1) is 23.4. The predicted octanol–water partition coefficient (Wildman–Crippen LogP) is 4.36. The van der Waals surface area contributed by atoms with Gasteiger partial charge in [0.25, 0.3) is 17.7 Å². The number of amides is 3. The Morgan fingerprint density at radius 2 is 1.56 bits per heavy atom. The lowest BCUT2D eigenvalue weighted by molar-refractivity contribution is -0.139. The average molecular weight is 501 g/mol. The molecule has 2 N–H and O–H groups in total. The number of hydrogen-bond donors (Lipinski definition) is 2. The predicted molar refractivity (Wildman–Crippen MR) is 123 cm³/mol. The Kier molecular flexibility index (Phi) is 6.37. The summed E-state index contributed by atoms with van der Waals surface area (Å²) in [4.78, 5) is 50.5. The number of anilines is 1. The van der Waals surface area contributed by atoms with Gasteiger partial charge in [-0.2, -0.15) is 0 Å². The third-order valence-corrected chi connectivity index (χ3v) is 5.91. The molecule has 4 rings (SSSR count). The summed E-state index contributed by atoms with van der Waals surface area (Å²) >= 11 is 12.0. The number of halogens is 3. The fourth-order valence-electron chi connectivity index (χ4n) is 3.61. The van der Waals surface area contributed by atoms with Gasteiger partial charge in [-0.05, 0) is 48.0 Å². The van der Waals surface area contributed by atoms with Crippen LogP contribution in [-0.2, 0) is 11.2 Å². The molecule has 0 unspecified atom stereocenters. The van der Waals surface area contributed by atoms with Crippen molar-refractivity contribution in [1.82, 2.24) is 5.32 Å². The Morgan fingerprint density at radius 1 is 0.941 bits per heavy atom. The number of imide groups is 1. The van der Waals surface area contributed by atoms with E-state index in [9.17, 15) is 28.7 Å². The van der Waals surface area contributed by atoms with Crippen molar-refractivity contribution in [2.24, 2.45) is 0 Å². The number of hydrogen-bond acceptors (Lipinski definition) is 4. The number of rotatable bonds is 6. The van der Waals surface area contributed by atoms with Crippen LogP contribution in [0.2, 0.25) is 10.0 Å². The zero-order chi connectivity index (χ0) is 24.6. The molecule has 1 atom stereocenters. The summed E-state index contributed by atoms with van der Waals surface area (Å²) in [5, 5.41) is 12.1. The lowest BCUT2D eigenvalue weighted by atomic mass is 10.0. The molecule has 172 valence electrons. The monoisotopic (exact) mass is 500 g/mol. The first-order valence-corrected chi connectivity index (χ1v) is 10.7. The van der Waals surface area contributed by atoms with E-state index in [0.29, 0.717) is 5.56 Å². The summed E-state index contributed by atoms with van der Waals surface area (Å²) in [6.45, 7) is 0. The highest BCUT2D eigenvalue weighted by molar-refractivity contribution is 6.39. The van der Waals surface area contributed by atoms with Crippen LogP contribution in [0, 0.1) is 5.82 Å². The van der Waals surface area contributed by atoms with Crippen molar-refractivity contribution in [2.45, 2.75) is 12.5 Å². The molecule has 3 aromatic rings. The number of carboxylic acid groups (broad SMARTS) is 1. The zero-order valence-corrected chi connectivity index (χ0v) is 18.7. The minimum absolute atomic E-state index is 0.0269. The van der Waals surface area contributed by atoms with E-state index in [2.05, 4.69) is 5.32 Å². The number of nitrogens with one attached hydrogen (secondary N) is 1. The van der Waals surface area contributed by atoms with Crippen LogP contribution in [-0.4, -0.2) is 34.8 Å². The zero-order valence-electron chi connectivity index (χ0n) is 17.2. The number of carbonyl (C=O) groups is 4. The van der Waals surface area contributed by atoms with Crippen LogP contribution in [0.15, 0.2) is 60.7 Å². The van der Waals surface area contributed by atoms with E-state index in [1.165, 1.54) is 42.5 Å². The van der Waals surface area contributed by atoms with Gasteiger partial charge in [0.15, 0.2) is 0 Å². The van der Waals surface area contributed by atoms with Gasteiger partial charge in [0, 0.05) is 6.42 Å². The van der Waals surface area contributed by atoms with Gasteiger partial charge in [-0.15, -0.1) is 0 Å². The van der Waals surface area contributed by atoms with Gasteiger partial charge in [0.05, 0.1) is 32.4 Å². The summed E-state index contributed by atoms with van der Waals surface area (Å²) in [7, 11) is 0.